The number of phenols is 1. The summed E-state index contributed by atoms with van der Waals surface area (Å²) >= 11 is 0. The van der Waals surface area contributed by atoms with E-state index < -0.39 is 34.3 Å². The van der Waals surface area contributed by atoms with Crippen molar-refractivity contribution in [1.82, 2.24) is 14.5 Å². The van der Waals surface area contributed by atoms with Gasteiger partial charge in [0.1, 0.15) is 11.6 Å². The Balaban J connectivity index is 0.000000211. The van der Waals surface area contributed by atoms with Gasteiger partial charge in [0.15, 0.2) is 0 Å². The number of aromatic hydroxyl groups is 1. The Morgan fingerprint density at radius 2 is 1.06 bits per heavy atom. The van der Waals surface area contributed by atoms with Crippen LogP contribution in [0.1, 0.15) is 48.4 Å². The molecule has 1 aliphatic carbocycles. The van der Waals surface area contributed by atoms with Gasteiger partial charge in [0.05, 0.1) is 22.3 Å². The van der Waals surface area contributed by atoms with E-state index in [9.17, 15) is 5.11 Å². The minimum absolute atomic E-state index is 0. The first-order chi connectivity index (χ1) is 36.8. The second kappa shape index (κ2) is 17.5. The molecule has 2 aromatic heterocycles. The number of pyridine rings is 1. The fourth-order valence-corrected chi connectivity index (χ4v) is 8.44. The normalized spacial score (nSPS) is 15.6. The number of benzene rings is 8. The molecule has 0 saturated heterocycles. The van der Waals surface area contributed by atoms with E-state index in [0.29, 0.717) is 33.3 Å². The van der Waals surface area contributed by atoms with E-state index >= 15 is 0 Å². The second-order valence-corrected chi connectivity index (χ2v) is 15.1. The Hall–Kier alpha value is -7.17. The first-order valence-corrected chi connectivity index (χ1v) is 20.2. The number of phenolic OH excluding ortho intramolecular Hbond substituents is 1. The Bertz CT molecular complexity index is 3900. The van der Waals surface area contributed by atoms with E-state index in [4.69, 9.17) is 25.5 Å². The summed E-state index contributed by atoms with van der Waals surface area (Å²) in [6, 6.07) is 55.5. The van der Waals surface area contributed by atoms with Gasteiger partial charge in [-0.05, 0) is 112 Å². The standard InChI is InChI=1S/C39H28N2O.C20H18N.Ir/c1-24-12-11-13-25(2)38(24)41-34-23-22-32-30-18-6-5-16-28(30)26-14-3-4-15-27(26)29-17-7-8-19-31(29)36(32)37(34)40-39(41)33-20-9-10-21-35(33)42;1-14-9-10-18(20-11-15(2)16(3)13-21-20)12-19(14)17-7-5-4-6-8-17;/h3-23,42H,1-2H3;4-9,11-13H,1-3H3;/q;-1;/i1D3,2D3;1D3,2D3,3D3;. The van der Waals surface area contributed by atoms with Crippen molar-refractivity contribution in [2.75, 3.05) is 0 Å². The van der Waals surface area contributed by atoms with Crippen molar-refractivity contribution < 1.29 is 45.8 Å². The predicted molar refractivity (Wildman–Crippen MR) is 261 cm³/mol. The molecule has 1 aliphatic rings. The maximum atomic E-state index is 11.2. The average molecular weight is 1020 g/mol. The van der Waals surface area contributed by atoms with Crippen molar-refractivity contribution >= 4 is 11.0 Å². The van der Waals surface area contributed by atoms with Gasteiger partial charge < -0.3 is 10.1 Å². The first-order valence-electron chi connectivity index (χ1n) is 27.7. The number of hydrogen-bond donors (Lipinski definition) is 1. The summed E-state index contributed by atoms with van der Waals surface area (Å²) in [4.78, 5) is 9.35. The zero-order valence-corrected chi connectivity index (χ0v) is 36.3. The van der Waals surface area contributed by atoms with Gasteiger partial charge in [0.2, 0.25) is 0 Å². The molecule has 8 aromatic carbocycles. The summed E-state index contributed by atoms with van der Waals surface area (Å²) in [5.74, 6) is 0.158. The molecule has 0 fully saturated rings. The van der Waals surface area contributed by atoms with Crippen LogP contribution >= 0.6 is 0 Å². The van der Waals surface area contributed by atoms with E-state index in [1.54, 1.807) is 53.1 Å². The molecule has 11 rings (SSSR count). The van der Waals surface area contributed by atoms with Gasteiger partial charge in [-0.3, -0.25) is 4.57 Å². The Morgan fingerprint density at radius 1 is 0.500 bits per heavy atom. The smallest absolute Gasteiger partial charge is 0.149 e. The summed E-state index contributed by atoms with van der Waals surface area (Å²) in [5.41, 5.74) is 10.2. The van der Waals surface area contributed by atoms with Crippen molar-refractivity contribution in [2.24, 2.45) is 0 Å². The van der Waals surface area contributed by atoms with Gasteiger partial charge >= 0.3 is 0 Å². The van der Waals surface area contributed by atoms with E-state index in [1.165, 1.54) is 36.4 Å². The summed E-state index contributed by atoms with van der Waals surface area (Å²) in [5, 5.41) is 11.2. The third-order valence-corrected chi connectivity index (χ3v) is 11.4. The van der Waals surface area contributed by atoms with Crippen LogP contribution in [0.15, 0.2) is 182 Å². The summed E-state index contributed by atoms with van der Waals surface area (Å²) in [6.45, 7) is -13.0. The van der Waals surface area contributed by atoms with Gasteiger partial charge in [-0.1, -0.05) is 164 Å². The third-order valence-electron chi connectivity index (χ3n) is 11.4. The molecule has 5 heteroatoms. The van der Waals surface area contributed by atoms with E-state index in [-0.39, 0.29) is 70.9 Å². The Labute approximate surface area is 410 Å². The topological polar surface area (TPSA) is 50.9 Å². The molecule has 0 aliphatic heterocycles. The van der Waals surface area contributed by atoms with Crippen molar-refractivity contribution in [1.29, 1.82) is 0 Å². The number of rotatable bonds is 4. The Kier molecular flexibility index (Phi) is 7.62. The van der Waals surface area contributed by atoms with Gasteiger partial charge in [-0.2, -0.15) is 0 Å². The van der Waals surface area contributed by atoms with Crippen LogP contribution in [0, 0.1) is 40.3 Å². The second-order valence-electron chi connectivity index (χ2n) is 15.1. The zero-order chi connectivity index (χ0) is 55.7. The van der Waals surface area contributed by atoms with Gasteiger partial charge in [0.25, 0.3) is 0 Å². The molecule has 0 atom stereocenters. The van der Waals surface area contributed by atoms with Crippen LogP contribution in [-0.2, 0) is 20.1 Å². The molecule has 0 amide bonds. The minimum Gasteiger partial charge on any atom is -0.507 e. The molecule has 1 radical (unpaired) electrons. The fourth-order valence-electron chi connectivity index (χ4n) is 8.44. The van der Waals surface area contributed by atoms with Crippen molar-refractivity contribution in [3.05, 3.63) is 216 Å². The van der Waals surface area contributed by atoms with Gasteiger partial charge in [-0.25, -0.2) is 4.98 Å². The number of hydrogen-bond acceptors (Lipinski definition) is 3. The number of para-hydroxylation sites is 2. The molecule has 0 unspecified atom stereocenters. The summed E-state index contributed by atoms with van der Waals surface area (Å²) < 4.78 is 122. The molecule has 64 heavy (non-hydrogen) atoms. The van der Waals surface area contributed by atoms with Crippen molar-refractivity contribution in [3.63, 3.8) is 0 Å². The van der Waals surface area contributed by atoms with E-state index in [2.05, 4.69) is 47.4 Å². The van der Waals surface area contributed by atoms with Crippen LogP contribution in [-0.4, -0.2) is 19.6 Å². The molecule has 4 nitrogen and oxygen atoms in total. The van der Waals surface area contributed by atoms with Crippen LogP contribution < -0.4 is 0 Å². The molecule has 1 N–H and O–H groups in total. The first kappa shape index (κ1) is 27.8. The summed E-state index contributed by atoms with van der Waals surface area (Å²) in [6.07, 6.45) is 1.04. The molecule has 0 saturated carbocycles. The van der Waals surface area contributed by atoms with Gasteiger partial charge in [-0.15, -0.1) is 29.3 Å². The molecule has 313 valence electrons. The predicted octanol–water partition coefficient (Wildman–Crippen LogP) is 15.1. The van der Waals surface area contributed by atoms with Gasteiger partial charge in [0, 0.05) is 52.4 Å². The molecule has 10 aromatic rings. The maximum Gasteiger partial charge on any atom is 0.149 e. The fraction of sp³-hybridized carbons (Fsp3) is 0.0847. The van der Waals surface area contributed by atoms with Crippen LogP contribution in [0.5, 0.6) is 5.75 Å². The average Bonchev–Trinajstić information content (AvgIpc) is 4.04. The van der Waals surface area contributed by atoms with E-state index in [1.807, 2.05) is 54.6 Å². The van der Waals surface area contributed by atoms with Crippen LogP contribution in [0.3, 0.4) is 0 Å². The number of nitrogens with zero attached hydrogens (tertiary/aromatic N) is 3. The molecule has 0 spiro atoms. The largest absolute Gasteiger partial charge is 0.507 e. The Morgan fingerprint density at radius 3 is 1.69 bits per heavy atom. The van der Waals surface area contributed by atoms with Crippen LogP contribution in [0.4, 0.5) is 0 Å². The SMILES string of the molecule is [2H]C([2H])([2H])c1c[c-]c(-c2cc(C([2H])([2H])[2H])c(C([2H])([2H])[2H])cn2)cc1-c1ccccc1.[2H]C([2H])([2H])c1cccc(C([2H])([2H])[2H])c1-n1c(-c2ccccc2O)nc2c3c(ccc21)-c1ccccc1-c1ccccc1-c1ccccc1-3.[Ir]. The monoisotopic (exact) mass is 1020 g/mol. The number of aromatic nitrogens is 3. The van der Waals surface area contributed by atoms with Crippen molar-refractivity contribution in [3.8, 4) is 89.7 Å². The molecular formula is C59H46IrN3O-. The van der Waals surface area contributed by atoms with Crippen LogP contribution in [0.2, 0.25) is 0 Å². The van der Waals surface area contributed by atoms with Crippen LogP contribution in [0.25, 0.3) is 95.0 Å². The number of imidazole rings is 1. The molecular weight excluding hydrogens is 959 g/mol. The minimum atomic E-state index is -2.65. The van der Waals surface area contributed by atoms with Crippen molar-refractivity contribution in [2.45, 2.75) is 34.3 Å². The third kappa shape index (κ3) is 7.47. The number of fused-ring (bicyclic) bond motifs is 10. The maximum absolute atomic E-state index is 11.2. The molecule has 2 heterocycles. The number of aryl methyl sites for hydroxylation is 5. The zero-order valence-electron chi connectivity index (χ0n) is 48.9. The van der Waals surface area contributed by atoms with E-state index in [0.717, 1.165) is 50.7 Å². The molecule has 0 bridgehead atoms. The quantitative estimate of drug-likeness (QED) is 0.179. The summed E-state index contributed by atoms with van der Waals surface area (Å²) in [7, 11) is 0.